The molecule has 1 aromatic carbocycles. The van der Waals surface area contributed by atoms with E-state index in [1.54, 1.807) is 0 Å². The van der Waals surface area contributed by atoms with Gasteiger partial charge in [-0.3, -0.25) is 4.79 Å². The Bertz CT molecular complexity index is 660. The zero-order chi connectivity index (χ0) is 17.9. The smallest absolute Gasteiger partial charge is 0.387 e. The Labute approximate surface area is 154 Å². The number of halogens is 4. The lowest BCUT2D eigenvalue weighted by molar-refractivity contribution is -0.138. The van der Waals surface area contributed by atoms with Gasteiger partial charge in [0, 0.05) is 11.6 Å². The second-order valence-electron chi connectivity index (χ2n) is 5.26. The Kier molecular flexibility index (Phi) is 6.51. The van der Waals surface area contributed by atoms with E-state index in [-0.39, 0.29) is 34.1 Å². The fourth-order valence-corrected chi connectivity index (χ4v) is 3.60. The predicted octanol–water partition coefficient (Wildman–Crippen LogP) is 4.75. The molecule has 0 aromatic heterocycles. The molecule has 2 rings (SSSR count). The summed E-state index contributed by atoms with van der Waals surface area (Å²) in [5, 5.41) is 0. The van der Waals surface area contributed by atoms with Crippen molar-refractivity contribution in [3.8, 4) is 5.75 Å². The zero-order valence-corrected chi connectivity index (χ0v) is 15.6. The van der Waals surface area contributed by atoms with Gasteiger partial charge >= 0.3 is 12.6 Å². The van der Waals surface area contributed by atoms with Gasteiger partial charge in [-0.2, -0.15) is 8.78 Å². The van der Waals surface area contributed by atoms with Gasteiger partial charge in [0.1, 0.15) is 6.61 Å². The summed E-state index contributed by atoms with van der Waals surface area (Å²) in [6.07, 6.45) is 2.74. The summed E-state index contributed by atoms with van der Waals surface area (Å²) in [5.74, 6) is -1.44. The molecule has 4 nitrogen and oxygen atoms in total. The minimum absolute atomic E-state index is 0.0676. The van der Waals surface area contributed by atoms with E-state index in [1.165, 1.54) is 12.1 Å². The Balaban J connectivity index is 2.26. The van der Waals surface area contributed by atoms with E-state index in [4.69, 9.17) is 4.74 Å². The maximum Gasteiger partial charge on any atom is 0.387 e. The van der Waals surface area contributed by atoms with E-state index >= 15 is 0 Å². The number of alkyl halides is 2. The molecule has 0 amide bonds. The molecule has 8 heteroatoms. The van der Waals surface area contributed by atoms with E-state index in [1.807, 2.05) is 0 Å². The van der Waals surface area contributed by atoms with Crippen molar-refractivity contribution in [1.82, 2.24) is 0 Å². The molecule has 1 aromatic rings. The molecule has 0 N–H and O–H groups in total. The molecule has 1 aliphatic carbocycles. The fraction of sp³-hybridized carbons (Fsp3) is 0.375. The van der Waals surface area contributed by atoms with Crippen LogP contribution in [0.25, 0.3) is 0 Å². The van der Waals surface area contributed by atoms with Crippen molar-refractivity contribution in [2.24, 2.45) is 11.8 Å². The third-order valence-electron chi connectivity index (χ3n) is 3.62. The maximum absolute atomic E-state index is 12.8. The van der Waals surface area contributed by atoms with Crippen LogP contribution in [0.2, 0.25) is 0 Å². The van der Waals surface area contributed by atoms with E-state index in [9.17, 15) is 18.4 Å². The highest BCUT2D eigenvalue weighted by atomic mass is 79.9. The van der Waals surface area contributed by atoms with Crippen molar-refractivity contribution in [1.29, 1.82) is 0 Å². The van der Waals surface area contributed by atoms with Crippen LogP contribution in [0, 0.1) is 11.8 Å². The van der Waals surface area contributed by atoms with Crippen LogP contribution in [0.3, 0.4) is 0 Å². The van der Waals surface area contributed by atoms with Gasteiger partial charge in [0.2, 0.25) is 0 Å². The molecular weight excluding hydrogens is 454 g/mol. The molecule has 0 bridgehead atoms. The summed E-state index contributed by atoms with van der Waals surface area (Å²) in [7, 11) is 0. The Morgan fingerprint density at radius 2 is 2.00 bits per heavy atom. The number of hydrogen-bond acceptors (Lipinski definition) is 4. The van der Waals surface area contributed by atoms with Crippen LogP contribution in [-0.2, 0) is 9.53 Å². The Morgan fingerprint density at radius 3 is 2.54 bits per heavy atom. The molecule has 0 aliphatic heterocycles. The molecule has 0 saturated heterocycles. The fourth-order valence-electron chi connectivity index (χ4n) is 2.27. The van der Waals surface area contributed by atoms with Crippen LogP contribution < -0.4 is 4.74 Å². The molecule has 0 radical (unpaired) electrons. The van der Waals surface area contributed by atoms with Gasteiger partial charge in [-0.05, 0) is 62.8 Å². The number of benzene rings is 1. The highest BCUT2D eigenvalue weighted by Gasteiger charge is 2.38. The van der Waals surface area contributed by atoms with Crippen molar-refractivity contribution in [2.45, 2.75) is 19.5 Å². The van der Waals surface area contributed by atoms with Gasteiger partial charge in [0.05, 0.1) is 14.9 Å². The molecule has 24 heavy (non-hydrogen) atoms. The molecular formula is C16H14Br2F2O4. The molecule has 1 aliphatic rings. The van der Waals surface area contributed by atoms with E-state index in [2.05, 4.69) is 43.2 Å². The first kappa shape index (κ1) is 19.1. The molecule has 1 fully saturated rings. The van der Waals surface area contributed by atoms with Crippen LogP contribution >= 0.6 is 31.9 Å². The summed E-state index contributed by atoms with van der Waals surface area (Å²) in [6, 6.07) is 2.98. The molecule has 130 valence electrons. The molecule has 0 heterocycles. The number of ketones is 1. The average Bonchev–Trinajstić information content (AvgIpc) is 3.35. The van der Waals surface area contributed by atoms with Gasteiger partial charge in [0.25, 0.3) is 0 Å². The van der Waals surface area contributed by atoms with Crippen molar-refractivity contribution >= 4 is 43.6 Å². The van der Waals surface area contributed by atoms with Gasteiger partial charge in [-0.1, -0.05) is 6.58 Å². The van der Waals surface area contributed by atoms with E-state index in [0.29, 0.717) is 4.47 Å². The lowest BCUT2D eigenvalue weighted by Gasteiger charge is -2.17. The number of carbonyl (C=O) groups excluding carboxylic acids is 2. The Morgan fingerprint density at radius 1 is 1.33 bits per heavy atom. The number of hydrogen-bond donors (Lipinski definition) is 0. The van der Waals surface area contributed by atoms with Crippen molar-refractivity contribution in [3.63, 3.8) is 0 Å². The van der Waals surface area contributed by atoms with Crippen molar-refractivity contribution < 1.29 is 27.8 Å². The summed E-state index contributed by atoms with van der Waals surface area (Å²) < 4.78 is 35.0. The topological polar surface area (TPSA) is 52.6 Å². The number of Topliss-reactive ketones (excluding diaryl/α,β-unsaturated/α-hetero) is 1. The third-order valence-corrected chi connectivity index (χ3v) is 5.03. The quantitative estimate of drug-likeness (QED) is 0.314. The molecule has 0 spiro atoms. The summed E-state index contributed by atoms with van der Waals surface area (Å²) in [6.45, 7) is 0.220. The first-order valence-electron chi connectivity index (χ1n) is 7.11. The first-order valence-corrected chi connectivity index (χ1v) is 8.70. The van der Waals surface area contributed by atoms with Gasteiger partial charge in [0.15, 0.2) is 11.5 Å². The van der Waals surface area contributed by atoms with Gasteiger partial charge in [-0.15, -0.1) is 0 Å². The largest absolute Gasteiger partial charge is 0.462 e. The standard InChI is InChI=1S/C16H14Br2F2O4/c1-2-12(21)23-7-10(8-3-4-8)14(22)9-5-6-11(17)15(13(9)18)24-16(19)20/h2,5-6,8,10,16H,1,3-4,7H2. The molecule has 1 atom stereocenters. The van der Waals surface area contributed by atoms with Crippen LogP contribution in [0.5, 0.6) is 5.75 Å². The van der Waals surface area contributed by atoms with Crippen LogP contribution in [-0.4, -0.2) is 25.0 Å². The number of carbonyl (C=O) groups is 2. The molecule has 1 saturated carbocycles. The number of esters is 1. The first-order chi connectivity index (χ1) is 11.3. The number of rotatable bonds is 8. The third kappa shape index (κ3) is 4.63. The highest BCUT2D eigenvalue weighted by Crippen LogP contribution is 2.42. The lowest BCUT2D eigenvalue weighted by atomic mass is 9.94. The second kappa shape index (κ2) is 8.20. The van der Waals surface area contributed by atoms with Crippen LogP contribution in [0.1, 0.15) is 23.2 Å². The summed E-state index contributed by atoms with van der Waals surface area (Å²) >= 11 is 6.28. The maximum atomic E-state index is 12.8. The molecule has 1 unspecified atom stereocenters. The monoisotopic (exact) mass is 466 g/mol. The van der Waals surface area contributed by atoms with Crippen molar-refractivity contribution in [2.75, 3.05) is 6.61 Å². The van der Waals surface area contributed by atoms with Crippen molar-refractivity contribution in [3.05, 3.63) is 39.3 Å². The van der Waals surface area contributed by atoms with Crippen LogP contribution in [0.4, 0.5) is 8.78 Å². The lowest BCUT2D eigenvalue weighted by Crippen LogP contribution is -2.24. The average molecular weight is 468 g/mol. The SMILES string of the molecule is C=CC(=O)OCC(C(=O)c1ccc(Br)c(OC(F)F)c1Br)C1CC1. The zero-order valence-electron chi connectivity index (χ0n) is 12.4. The second-order valence-corrected chi connectivity index (χ2v) is 6.91. The predicted molar refractivity (Wildman–Crippen MR) is 90.2 cm³/mol. The highest BCUT2D eigenvalue weighted by molar-refractivity contribution is 9.11. The van der Waals surface area contributed by atoms with Crippen LogP contribution in [0.15, 0.2) is 33.7 Å². The minimum atomic E-state index is -3.02. The summed E-state index contributed by atoms with van der Waals surface area (Å²) in [5.41, 5.74) is 0.209. The summed E-state index contributed by atoms with van der Waals surface area (Å²) in [4.78, 5) is 24.0. The van der Waals surface area contributed by atoms with E-state index in [0.717, 1.165) is 18.9 Å². The van der Waals surface area contributed by atoms with E-state index < -0.39 is 18.5 Å². The minimum Gasteiger partial charge on any atom is -0.462 e. The van der Waals surface area contributed by atoms with Gasteiger partial charge in [-0.25, -0.2) is 4.79 Å². The van der Waals surface area contributed by atoms with Gasteiger partial charge < -0.3 is 9.47 Å². The number of ether oxygens (including phenoxy) is 2. The normalized spacial score (nSPS) is 15.0. The Hall–Kier alpha value is -1.28.